The summed E-state index contributed by atoms with van der Waals surface area (Å²) in [6.45, 7) is 5.37. The fourth-order valence-electron chi connectivity index (χ4n) is 2.28. The van der Waals surface area contributed by atoms with Crippen LogP contribution in [-0.2, 0) is 9.47 Å². The molecule has 0 aliphatic heterocycles. The van der Waals surface area contributed by atoms with Crippen molar-refractivity contribution >= 4 is 39.2 Å². The molecule has 0 N–H and O–H groups in total. The number of rotatable bonds is 17. The predicted molar refractivity (Wildman–Crippen MR) is 102 cm³/mol. The molecule has 0 radical (unpaired) electrons. The quantitative estimate of drug-likeness (QED) is 0.158. The highest BCUT2D eigenvalue weighted by atomic mass is 35.8. The average Bonchev–Trinajstić information content (AvgIpc) is 2.45. The Balaban J connectivity index is 3.00. The molecule has 6 heteroatoms. The molecule has 0 saturated carbocycles. The molecule has 134 valence electrons. The van der Waals surface area contributed by atoms with E-state index in [2.05, 4.69) is 0 Å². The van der Waals surface area contributed by atoms with E-state index in [-0.39, 0.29) is 0 Å². The zero-order valence-electron chi connectivity index (χ0n) is 14.1. The minimum Gasteiger partial charge on any atom is -0.382 e. The van der Waals surface area contributed by atoms with E-state index >= 15 is 0 Å². The Bertz CT molecular complexity index is 226. The van der Waals surface area contributed by atoms with Crippen LogP contribution in [-0.4, -0.2) is 32.4 Å². The van der Waals surface area contributed by atoms with Crippen molar-refractivity contribution in [3.8, 4) is 0 Å². The largest absolute Gasteiger partial charge is 0.382 e. The molecule has 2 nitrogen and oxygen atoms in total. The highest BCUT2D eigenvalue weighted by Gasteiger charge is 2.23. The summed E-state index contributed by atoms with van der Waals surface area (Å²) in [6.07, 6.45) is 12.3. The molecule has 0 rings (SSSR count). The molecule has 0 saturated heterocycles. The molecule has 22 heavy (non-hydrogen) atoms. The third-order valence-corrected chi connectivity index (χ3v) is 6.15. The molecule has 0 amide bonds. The maximum atomic E-state index is 5.85. The summed E-state index contributed by atoms with van der Waals surface area (Å²) in [5, 5.41) is 0. The van der Waals surface area contributed by atoms with Crippen molar-refractivity contribution in [2.24, 2.45) is 0 Å². The van der Waals surface area contributed by atoms with Crippen LogP contribution >= 0.6 is 33.2 Å². The molecule has 0 unspecified atom stereocenters. The van der Waals surface area contributed by atoms with E-state index in [1.54, 1.807) is 0 Å². The van der Waals surface area contributed by atoms with Crippen molar-refractivity contribution in [3.05, 3.63) is 0 Å². The Hall–Kier alpha value is 1.01. The molecule has 0 atom stereocenters. The van der Waals surface area contributed by atoms with Crippen LogP contribution in [0.2, 0.25) is 6.04 Å². The van der Waals surface area contributed by atoms with Gasteiger partial charge in [-0.3, -0.25) is 0 Å². The Morgan fingerprint density at radius 2 is 1.05 bits per heavy atom. The van der Waals surface area contributed by atoms with E-state index in [9.17, 15) is 0 Å². The van der Waals surface area contributed by atoms with Gasteiger partial charge in [0.1, 0.15) is 0 Å². The van der Waals surface area contributed by atoms with Crippen LogP contribution in [0.15, 0.2) is 0 Å². The number of halogens is 3. The second-order valence-corrected chi connectivity index (χ2v) is 15.0. The predicted octanol–water partition coefficient (Wildman–Crippen LogP) is 6.60. The van der Waals surface area contributed by atoms with Gasteiger partial charge in [0.05, 0.1) is 0 Å². The molecule has 0 aromatic carbocycles. The van der Waals surface area contributed by atoms with Gasteiger partial charge >= 0.3 is 6.00 Å². The summed E-state index contributed by atoms with van der Waals surface area (Å²) in [5.74, 6) is 0. The van der Waals surface area contributed by atoms with Crippen LogP contribution in [0.1, 0.15) is 71.1 Å². The van der Waals surface area contributed by atoms with Gasteiger partial charge in [0.2, 0.25) is 0 Å². The van der Waals surface area contributed by atoms with Gasteiger partial charge in [0, 0.05) is 26.4 Å². The van der Waals surface area contributed by atoms with E-state index < -0.39 is 6.00 Å². The minimum atomic E-state index is -2.37. The van der Waals surface area contributed by atoms with Crippen LogP contribution in [0.25, 0.3) is 0 Å². The van der Waals surface area contributed by atoms with Crippen molar-refractivity contribution < 1.29 is 9.47 Å². The van der Waals surface area contributed by atoms with Crippen molar-refractivity contribution in [3.63, 3.8) is 0 Å². The molecule has 0 spiro atoms. The lowest BCUT2D eigenvalue weighted by Gasteiger charge is -2.07. The Morgan fingerprint density at radius 3 is 1.59 bits per heavy atom. The maximum Gasteiger partial charge on any atom is 0.341 e. The average molecular weight is 392 g/mol. The smallest absolute Gasteiger partial charge is 0.341 e. The van der Waals surface area contributed by atoms with Crippen molar-refractivity contribution in [2.75, 3.05) is 26.4 Å². The first-order chi connectivity index (χ1) is 10.6. The fraction of sp³-hybridized carbons (Fsp3) is 1.00. The van der Waals surface area contributed by atoms with E-state index in [1.165, 1.54) is 51.4 Å². The monoisotopic (exact) mass is 390 g/mol. The Kier molecular flexibility index (Phi) is 17.6. The van der Waals surface area contributed by atoms with Crippen molar-refractivity contribution in [1.82, 2.24) is 0 Å². The van der Waals surface area contributed by atoms with Gasteiger partial charge in [-0.05, 0) is 25.8 Å². The van der Waals surface area contributed by atoms with Crippen molar-refractivity contribution in [2.45, 2.75) is 77.2 Å². The lowest BCUT2D eigenvalue weighted by Crippen LogP contribution is -2.07. The van der Waals surface area contributed by atoms with Gasteiger partial charge in [-0.2, -0.15) is 0 Å². The minimum absolute atomic E-state index is 0.800. The fourth-order valence-corrected chi connectivity index (χ4v) is 4.13. The molecular weight excluding hydrogens is 359 g/mol. The first-order valence-corrected chi connectivity index (χ1v) is 14.0. The molecule has 0 fully saturated rings. The zero-order valence-corrected chi connectivity index (χ0v) is 17.3. The van der Waals surface area contributed by atoms with Crippen molar-refractivity contribution in [1.29, 1.82) is 0 Å². The SMILES string of the molecule is CCOCCCOCCCCCCCCCCC[Si](Cl)(Cl)Cl. The van der Waals surface area contributed by atoms with Crippen LogP contribution < -0.4 is 0 Å². The first-order valence-electron chi connectivity index (χ1n) is 8.78. The second-order valence-electron chi connectivity index (χ2n) is 5.71. The van der Waals surface area contributed by atoms with Gasteiger partial charge < -0.3 is 9.47 Å². The molecule has 0 heterocycles. The van der Waals surface area contributed by atoms with Gasteiger partial charge in [-0.15, -0.1) is 33.2 Å². The van der Waals surface area contributed by atoms with E-state index in [0.717, 1.165) is 45.3 Å². The lowest BCUT2D eigenvalue weighted by molar-refractivity contribution is 0.0860. The Labute approximate surface area is 152 Å². The molecule has 0 aromatic heterocycles. The summed E-state index contributed by atoms with van der Waals surface area (Å²) < 4.78 is 10.8. The second kappa shape index (κ2) is 16.9. The lowest BCUT2D eigenvalue weighted by atomic mass is 10.1. The normalized spacial score (nSPS) is 12.0. The van der Waals surface area contributed by atoms with E-state index in [1.807, 2.05) is 6.92 Å². The number of hydrogen-bond acceptors (Lipinski definition) is 2. The molecular formula is C16H33Cl3O2Si. The Morgan fingerprint density at radius 1 is 0.591 bits per heavy atom. The molecule has 0 aliphatic rings. The maximum absolute atomic E-state index is 5.85. The highest BCUT2D eigenvalue weighted by Crippen LogP contribution is 2.27. The summed E-state index contributed by atoms with van der Waals surface area (Å²) in [6, 6.07) is -1.56. The van der Waals surface area contributed by atoms with Gasteiger partial charge in [0.25, 0.3) is 0 Å². The van der Waals surface area contributed by atoms with Gasteiger partial charge in [-0.1, -0.05) is 51.4 Å². The standard InChI is InChI=1S/C16H33Cl3O2Si/c1-2-20-14-12-15-21-13-10-8-6-4-3-5-7-9-11-16-22(17,18)19/h2-16H2,1H3. The topological polar surface area (TPSA) is 18.5 Å². The summed E-state index contributed by atoms with van der Waals surface area (Å²) >= 11 is 17.6. The highest BCUT2D eigenvalue weighted by molar-refractivity contribution is 7.64. The summed E-state index contributed by atoms with van der Waals surface area (Å²) in [5.41, 5.74) is 0. The van der Waals surface area contributed by atoms with Crippen LogP contribution in [0, 0.1) is 0 Å². The van der Waals surface area contributed by atoms with Gasteiger partial charge in [0.15, 0.2) is 0 Å². The first kappa shape index (κ1) is 23.0. The third kappa shape index (κ3) is 21.0. The van der Waals surface area contributed by atoms with Gasteiger partial charge in [-0.25, -0.2) is 0 Å². The zero-order chi connectivity index (χ0) is 16.5. The van der Waals surface area contributed by atoms with Crippen LogP contribution in [0.5, 0.6) is 0 Å². The number of unbranched alkanes of at least 4 members (excludes halogenated alkanes) is 8. The number of hydrogen-bond donors (Lipinski definition) is 0. The van der Waals surface area contributed by atoms with E-state index in [4.69, 9.17) is 42.7 Å². The summed E-state index contributed by atoms with van der Waals surface area (Å²) in [4.78, 5) is 0. The van der Waals surface area contributed by atoms with Crippen LogP contribution in [0.3, 0.4) is 0 Å². The van der Waals surface area contributed by atoms with E-state index in [0.29, 0.717) is 0 Å². The molecule has 0 aliphatic carbocycles. The molecule has 0 bridgehead atoms. The molecule has 0 aromatic rings. The third-order valence-electron chi connectivity index (χ3n) is 3.53. The van der Waals surface area contributed by atoms with Crippen LogP contribution in [0.4, 0.5) is 0 Å². The summed E-state index contributed by atoms with van der Waals surface area (Å²) in [7, 11) is 0. The number of ether oxygens (including phenoxy) is 2.